The van der Waals surface area contributed by atoms with Gasteiger partial charge in [-0.15, -0.1) is 0 Å². The number of benzene rings is 2. The molecule has 0 spiro atoms. The van der Waals surface area contributed by atoms with Crippen molar-refractivity contribution in [1.29, 1.82) is 0 Å². The predicted octanol–water partition coefficient (Wildman–Crippen LogP) is 6.65. The Balaban J connectivity index is 1.62. The number of ether oxygens (including phenoxy) is 1. The molecular weight excluding hydrogens is 564 g/mol. The van der Waals surface area contributed by atoms with Crippen LogP contribution in [0.5, 0.6) is 5.75 Å². The molecule has 2 aromatic carbocycles. The average molecular weight is 579 g/mol. The number of halogens is 4. The Bertz CT molecular complexity index is 1430. The normalized spacial score (nSPS) is 10.7. The first-order valence-corrected chi connectivity index (χ1v) is 11.5. The van der Waals surface area contributed by atoms with Gasteiger partial charge in [-0.2, -0.15) is 5.10 Å². The summed E-state index contributed by atoms with van der Waals surface area (Å²) >= 11 is 15.7. The molecule has 178 valence electrons. The van der Waals surface area contributed by atoms with Gasteiger partial charge in [0.15, 0.2) is 5.82 Å². The summed E-state index contributed by atoms with van der Waals surface area (Å²) in [4.78, 5) is 29.9. The van der Waals surface area contributed by atoms with Crippen molar-refractivity contribution >= 4 is 62.5 Å². The van der Waals surface area contributed by atoms with Gasteiger partial charge in [0.25, 0.3) is 5.91 Å². The largest absolute Gasteiger partial charge is 0.417 e. The van der Waals surface area contributed by atoms with Crippen molar-refractivity contribution in [2.75, 3.05) is 10.6 Å². The molecule has 0 saturated heterocycles. The molecular formula is C23H15BrCl2FN5O3. The molecule has 0 aliphatic heterocycles. The summed E-state index contributed by atoms with van der Waals surface area (Å²) in [7, 11) is 0. The fraction of sp³-hybridized carbons (Fsp3) is 0.0435. The van der Waals surface area contributed by atoms with Gasteiger partial charge >= 0.3 is 6.09 Å². The first kappa shape index (κ1) is 24.6. The summed E-state index contributed by atoms with van der Waals surface area (Å²) in [5.74, 6) is -0.621. The van der Waals surface area contributed by atoms with Crippen molar-refractivity contribution in [1.82, 2.24) is 14.8 Å². The third-order valence-corrected chi connectivity index (χ3v) is 5.55. The lowest BCUT2D eigenvalue weighted by molar-refractivity contribution is 0.101. The molecule has 35 heavy (non-hydrogen) atoms. The van der Waals surface area contributed by atoms with Crippen molar-refractivity contribution in [3.05, 3.63) is 92.5 Å². The van der Waals surface area contributed by atoms with Crippen LogP contribution in [-0.4, -0.2) is 26.8 Å². The van der Waals surface area contributed by atoms with E-state index in [4.69, 9.17) is 27.9 Å². The van der Waals surface area contributed by atoms with E-state index in [0.29, 0.717) is 20.2 Å². The van der Waals surface area contributed by atoms with Crippen molar-refractivity contribution in [3.8, 4) is 11.6 Å². The highest BCUT2D eigenvalue weighted by molar-refractivity contribution is 9.10. The highest BCUT2D eigenvalue weighted by Crippen LogP contribution is 2.31. The molecule has 0 saturated carbocycles. The van der Waals surface area contributed by atoms with Gasteiger partial charge in [0.1, 0.15) is 21.9 Å². The maximum Gasteiger partial charge on any atom is 0.417 e. The second-order valence-corrected chi connectivity index (χ2v) is 8.80. The van der Waals surface area contributed by atoms with E-state index in [-0.39, 0.29) is 28.6 Å². The minimum absolute atomic E-state index is 0.131. The molecule has 0 unspecified atom stereocenters. The summed E-state index contributed by atoms with van der Waals surface area (Å²) in [5, 5.41) is 10.2. The first-order chi connectivity index (χ1) is 16.7. The standard InChI is InChI=1S/C23H15BrCl2FN5O3/c1-12-9-13(25)10-17(29-23(34)35-15-6-4-14(27)5-7-15)20(12)30-22(33)18-11-19(24)31-32(18)21-16(26)3-2-8-28-21/h2-11H,1H3,(H,29,34)(H,30,33). The molecule has 2 heterocycles. The number of nitrogens with zero attached hydrogens (tertiary/aromatic N) is 3. The van der Waals surface area contributed by atoms with E-state index >= 15 is 0 Å². The fourth-order valence-electron chi connectivity index (χ4n) is 3.14. The van der Waals surface area contributed by atoms with Crippen LogP contribution < -0.4 is 15.4 Å². The number of carbonyl (C=O) groups excluding carboxylic acids is 2. The van der Waals surface area contributed by atoms with Crippen LogP contribution in [0.4, 0.5) is 20.6 Å². The Morgan fingerprint density at radius 3 is 2.54 bits per heavy atom. The summed E-state index contributed by atoms with van der Waals surface area (Å²) in [6, 6.07) is 12.8. The molecule has 4 rings (SSSR count). The minimum atomic E-state index is -0.859. The summed E-state index contributed by atoms with van der Waals surface area (Å²) < 4.78 is 20.0. The predicted molar refractivity (Wildman–Crippen MR) is 134 cm³/mol. The van der Waals surface area contributed by atoms with E-state index in [1.807, 2.05) is 0 Å². The molecule has 2 N–H and O–H groups in total. The number of hydrogen-bond acceptors (Lipinski definition) is 5. The zero-order valence-electron chi connectivity index (χ0n) is 17.9. The van der Waals surface area contributed by atoms with E-state index in [0.717, 1.165) is 12.1 Å². The van der Waals surface area contributed by atoms with E-state index in [9.17, 15) is 14.0 Å². The second kappa shape index (κ2) is 10.4. The maximum atomic E-state index is 13.3. The molecule has 0 radical (unpaired) electrons. The molecule has 2 aromatic heterocycles. The molecule has 0 atom stereocenters. The Labute approximate surface area is 217 Å². The van der Waals surface area contributed by atoms with Crippen LogP contribution in [0.3, 0.4) is 0 Å². The second-order valence-electron chi connectivity index (χ2n) is 7.14. The van der Waals surface area contributed by atoms with Gasteiger partial charge < -0.3 is 10.1 Å². The van der Waals surface area contributed by atoms with Gasteiger partial charge in [-0.1, -0.05) is 23.2 Å². The first-order valence-electron chi connectivity index (χ1n) is 9.93. The number of rotatable bonds is 5. The Hall–Kier alpha value is -3.47. The summed E-state index contributed by atoms with van der Waals surface area (Å²) in [6.07, 6.45) is 0.665. The topological polar surface area (TPSA) is 98.1 Å². The molecule has 0 bridgehead atoms. The SMILES string of the molecule is Cc1cc(Cl)cc(NC(=O)Oc2ccc(F)cc2)c1NC(=O)c1cc(Br)nn1-c1ncccc1Cl. The number of amides is 2. The van der Waals surface area contributed by atoms with E-state index in [1.165, 1.54) is 35.1 Å². The van der Waals surface area contributed by atoms with Crippen LogP contribution in [-0.2, 0) is 0 Å². The number of hydrogen-bond donors (Lipinski definition) is 2. The highest BCUT2D eigenvalue weighted by atomic mass is 79.9. The lowest BCUT2D eigenvalue weighted by atomic mass is 10.1. The number of aryl methyl sites for hydroxylation is 1. The van der Waals surface area contributed by atoms with Gasteiger partial charge in [0.05, 0.1) is 16.4 Å². The van der Waals surface area contributed by atoms with Gasteiger partial charge in [-0.05, 0) is 76.9 Å². The lowest BCUT2D eigenvalue weighted by Crippen LogP contribution is -2.21. The van der Waals surface area contributed by atoms with Gasteiger partial charge in [-0.3, -0.25) is 10.1 Å². The summed E-state index contributed by atoms with van der Waals surface area (Å²) in [6.45, 7) is 1.71. The number of pyridine rings is 1. The van der Waals surface area contributed by atoms with Gasteiger partial charge in [0, 0.05) is 17.3 Å². The van der Waals surface area contributed by atoms with E-state index in [1.54, 1.807) is 25.1 Å². The van der Waals surface area contributed by atoms with Gasteiger partial charge in [0.2, 0.25) is 0 Å². The number of aromatic nitrogens is 3. The maximum absolute atomic E-state index is 13.3. The Kier molecular flexibility index (Phi) is 7.34. The molecule has 4 aromatic rings. The number of anilines is 2. The molecule has 0 fully saturated rings. The minimum Gasteiger partial charge on any atom is -0.410 e. The highest BCUT2D eigenvalue weighted by Gasteiger charge is 2.21. The molecule has 0 aliphatic carbocycles. The third-order valence-electron chi connectivity index (χ3n) is 4.65. The summed E-state index contributed by atoms with van der Waals surface area (Å²) in [5.41, 5.74) is 1.18. The molecule has 2 amide bonds. The van der Waals surface area contributed by atoms with Crippen LogP contribution in [0, 0.1) is 12.7 Å². The van der Waals surface area contributed by atoms with Crippen molar-refractivity contribution < 1.29 is 18.7 Å². The Morgan fingerprint density at radius 2 is 1.83 bits per heavy atom. The van der Waals surface area contributed by atoms with Crippen LogP contribution in [0.15, 0.2) is 65.4 Å². The molecule has 12 heteroatoms. The van der Waals surface area contributed by atoms with Crippen molar-refractivity contribution in [3.63, 3.8) is 0 Å². The monoisotopic (exact) mass is 577 g/mol. The zero-order chi connectivity index (χ0) is 25.1. The Morgan fingerprint density at radius 1 is 1.09 bits per heavy atom. The van der Waals surface area contributed by atoms with Crippen LogP contribution >= 0.6 is 39.1 Å². The molecule has 8 nitrogen and oxygen atoms in total. The van der Waals surface area contributed by atoms with Crippen molar-refractivity contribution in [2.24, 2.45) is 0 Å². The molecule has 0 aliphatic rings. The quantitative estimate of drug-likeness (QED) is 0.276. The van der Waals surface area contributed by atoms with E-state index in [2.05, 4.69) is 36.6 Å². The smallest absolute Gasteiger partial charge is 0.410 e. The van der Waals surface area contributed by atoms with Gasteiger partial charge in [-0.25, -0.2) is 18.9 Å². The number of carbonyl (C=O) groups is 2. The zero-order valence-corrected chi connectivity index (χ0v) is 20.9. The average Bonchev–Trinajstić information content (AvgIpc) is 3.19. The number of nitrogens with one attached hydrogen (secondary N) is 2. The lowest BCUT2D eigenvalue weighted by Gasteiger charge is -2.16. The van der Waals surface area contributed by atoms with Crippen LogP contribution in [0.1, 0.15) is 16.1 Å². The fourth-order valence-corrected chi connectivity index (χ4v) is 3.99. The van der Waals surface area contributed by atoms with Crippen LogP contribution in [0.25, 0.3) is 5.82 Å². The van der Waals surface area contributed by atoms with Crippen LogP contribution in [0.2, 0.25) is 10.0 Å². The van der Waals surface area contributed by atoms with E-state index < -0.39 is 17.8 Å². The van der Waals surface area contributed by atoms with Crippen molar-refractivity contribution in [2.45, 2.75) is 6.92 Å². The third kappa shape index (κ3) is 5.79.